The molecule has 2 aromatic carbocycles. The monoisotopic (exact) mass is 381 g/mol. The molecule has 0 aliphatic carbocycles. The molecule has 7 heteroatoms. The van der Waals surface area contributed by atoms with Gasteiger partial charge in [-0.1, -0.05) is 17.7 Å². The number of fused-ring (bicyclic) bond motifs is 1. The van der Waals surface area contributed by atoms with Crippen molar-refractivity contribution in [3.8, 4) is 11.5 Å². The molecule has 0 atom stereocenters. The number of pyridine rings is 1. The zero-order valence-electron chi connectivity index (χ0n) is 14.5. The highest BCUT2D eigenvalue weighted by molar-refractivity contribution is 6.31. The number of amides is 1. The van der Waals surface area contributed by atoms with Gasteiger partial charge in [0.2, 0.25) is 6.79 Å². The second kappa shape index (κ2) is 7.17. The van der Waals surface area contributed by atoms with Crippen molar-refractivity contribution in [2.75, 3.05) is 17.4 Å². The molecular weight excluding hydrogens is 366 g/mol. The summed E-state index contributed by atoms with van der Waals surface area (Å²) in [6, 6.07) is 14.2. The van der Waals surface area contributed by atoms with Crippen molar-refractivity contribution in [2.45, 2.75) is 6.92 Å². The number of aromatic nitrogens is 1. The number of benzene rings is 2. The molecule has 1 amide bonds. The van der Waals surface area contributed by atoms with Crippen molar-refractivity contribution in [3.63, 3.8) is 0 Å². The van der Waals surface area contributed by atoms with E-state index < -0.39 is 0 Å². The van der Waals surface area contributed by atoms with Crippen LogP contribution in [-0.2, 0) is 0 Å². The Bertz CT molecular complexity index is 1020. The highest BCUT2D eigenvalue weighted by atomic mass is 35.5. The van der Waals surface area contributed by atoms with E-state index in [-0.39, 0.29) is 12.7 Å². The van der Waals surface area contributed by atoms with Crippen LogP contribution in [0.2, 0.25) is 5.02 Å². The molecule has 4 rings (SSSR count). The number of rotatable bonds is 4. The number of anilines is 3. The van der Waals surface area contributed by atoms with Gasteiger partial charge in [0, 0.05) is 34.2 Å². The van der Waals surface area contributed by atoms with Gasteiger partial charge in [-0.15, -0.1) is 0 Å². The van der Waals surface area contributed by atoms with Gasteiger partial charge in [-0.05, 0) is 48.9 Å². The Labute approximate surface area is 161 Å². The number of nitrogens with zero attached hydrogens (tertiary/aromatic N) is 1. The van der Waals surface area contributed by atoms with E-state index in [9.17, 15) is 4.79 Å². The van der Waals surface area contributed by atoms with Gasteiger partial charge in [0.15, 0.2) is 11.5 Å². The third-order valence-electron chi connectivity index (χ3n) is 4.18. The van der Waals surface area contributed by atoms with Crippen molar-refractivity contribution < 1.29 is 14.3 Å². The Morgan fingerprint density at radius 3 is 2.85 bits per heavy atom. The molecule has 1 aliphatic heterocycles. The number of nitrogens with one attached hydrogen (secondary N) is 2. The number of carbonyl (C=O) groups excluding carboxylic acids is 1. The molecule has 2 heterocycles. The van der Waals surface area contributed by atoms with E-state index in [0.29, 0.717) is 33.6 Å². The predicted molar refractivity (Wildman–Crippen MR) is 104 cm³/mol. The van der Waals surface area contributed by atoms with Gasteiger partial charge in [0.25, 0.3) is 5.91 Å². The lowest BCUT2D eigenvalue weighted by Gasteiger charge is -2.11. The molecule has 2 N–H and O–H groups in total. The summed E-state index contributed by atoms with van der Waals surface area (Å²) in [5.41, 5.74) is 2.76. The molecule has 3 aromatic rings. The van der Waals surface area contributed by atoms with Crippen LogP contribution in [0.3, 0.4) is 0 Å². The fourth-order valence-corrected chi connectivity index (χ4v) is 2.87. The summed E-state index contributed by atoms with van der Waals surface area (Å²) in [5.74, 6) is 1.68. The van der Waals surface area contributed by atoms with E-state index in [4.69, 9.17) is 21.1 Å². The molecule has 0 spiro atoms. The van der Waals surface area contributed by atoms with E-state index in [1.807, 2.05) is 31.2 Å². The Kier molecular flexibility index (Phi) is 4.56. The van der Waals surface area contributed by atoms with Crippen molar-refractivity contribution in [1.82, 2.24) is 4.98 Å². The standard InChI is InChI=1S/C20H16ClN3O3/c1-12-15(21)3-2-4-16(12)24-20(25)13-7-8-22-19(9-13)23-14-5-6-17-18(10-14)27-11-26-17/h2-10H,11H2,1H3,(H,22,23)(H,24,25). The van der Waals surface area contributed by atoms with Crippen LogP contribution < -0.4 is 20.1 Å². The summed E-state index contributed by atoms with van der Waals surface area (Å²) >= 11 is 6.11. The van der Waals surface area contributed by atoms with Gasteiger partial charge in [-0.25, -0.2) is 4.98 Å². The van der Waals surface area contributed by atoms with E-state index in [1.54, 1.807) is 30.5 Å². The second-order valence-electron chi connectivity index (χ2n) is 5.99. The normalized spacial score (nSPS) is 11.9. The number of ether oxygens (including phenoxy) is 2. The van der Waals surface area contributed by atoms with Crippen molar-refractivity contribution in [3.05, 3.63) is 70.9 Å². The third kappa shape index (κ3) is 3.66. The summed E-state index contributed by atoms with van der Waals surface area (Å²) in [7, 11) is 0. The quantitative estimate of drug-likeness (QED) is 0.681. The van der Waals surface area contributed by atoms with Gasteiger partial charge in [-0.2, -0.15) is 0 Å². The zero-order valence-corrected chi connectivity index (χ0v) is 15.2. The van der Waals surface area contributed by atoms with E-state index in [0.717, 1.165) is 11.3 Å². The van der Waals surface area contributed by atoms with Crippen molar-refractivity contribution in [2.24, 2.45) is 0 Å². The lowest BCUT2D eigenvalue weighted by Crippen LogP contribution is -2.13. The molecule has 0 saturated heterocycles. The third-order valence-corrected chi connectivity index (χ3v) is 4.59. The topological polar surface area (TPSA) is 72.5 Å². The van der Waals surface area contributed by atoms with Gasteiger partial charge >= 0.3 is 0 Å². The average molecular weight is 382 g/mol. The Balaban J connectivity index is 1.52. The van der Waals surface area contributed by atoms with Crippen LogP contribution >= 0.6 is 11.6 Å². The Hall–Kier alpha value is -3.25. The van der Waals surface area contributed by atoms with E-state index in [1.165, 1.54) is 0 Å². The smallest absolute Gasteiger partial charge is 0.255 e. The molecule has 1 aromatic heterocycles. The summed E-state index contributed by atoms with van der Waals surface area (Å²) in [6.45, 7) is 2.08. The fraction of sp³-hybridized carbons (Fsp3) is 0.100. The average Bonchev–Trinajstić information content (AvgIpc) is 3.13. The predicted octanol–water partition coefficient (Wildman–Crippen LogP) is 4.77. The largest absolute Gasteiger partial charge is 0.454 e. The van der Waals surface area contributed by atoms with Crippen LogP contribution in [0.5, 0.6) is 11.5 Å². The summed E-state index contributed by atoms with van der Waals surface area (Å²) in [4.78, 5) is 16.9. The lowest BCUT2D eigenvalue weighted by atomic mass is 10.2. The van der Waals surface area contributed by atoms with Crippen LogP contribution in [0.1, 0.15) is 15.9 Å². The van der Waals surface area contributed by atoms with Gasteiger partial charge in [-0.3, -0.25) is 4.79 Å². The number of halogens is 1. The highest BCUT2D eigenvalue weighted by Crippen LogP contribution is 2.35. The molecule has 0 bridgehead atoms. The first-order valence-electron chi connectivity index (χ1n) is 8.29. The van der Waals surface area contributed by atoms with E-state index in [2.05, 4.69) is 15.6 Å². The van der Waals surface area contributed by atoms with Crippen LogP contribution in [0, 0.1) is 6.92 Å². The molecule has 27 heavy (non-hydrogen) atoms. The molecule has 0 unspecified atom stereocenters. The lowest BCUT2D eigenvalue weighted by molar-refractivity contribution is 0.102. The molecular formula is C20H16ClN3O3. The fourth-order valence-electron chi connectivity index (χ4n) is 2.70. The van der Waals surface area contributed by atoms with Crippen LogP contribution in [0.25, 0.3) is 0 Å². The molecule has 0 radical (unpaired) electrons. The maximum absolute atomic E-state index is 12.6. The number of hydrogen-bond donors (Lipinski definition) is 2. The molecule has 0 fully saturated rings. The van der Waals surface area contributed by atoms with Crippen LogP contribution in [0.15, 0.2) is 54.7 Å². The Morgan fingerprint density at radius 2 is 1.96 bits per heavy atom. The van der Waals surface area contributed by atoms with Crippen LogP contribution in [-0.4, -0.2) is 17.7 Å². The summed E-state index contributed by atoms with van der Waals surface area (Å²) < 4.78 is 10.7. The highest BCUT2D eigenvalue weighted by Gasteiger charge is 2.14. The molecule has 136 valence electrons. The Morgan fingerprint density at radius 1 is 1.11 bits per heavy atom. The van der Waals surface area contributed by atoms with Crippen molar-refractivity contribution >= 4 is 34.7 Å². The molecule has 6 nitrogen and oxygen atoms in total. The molecule has 1 aliphatic rings. The minimum Gasteiger partial charge on any atom is -0.454 e. The SMILES string of the molecule is Cc1c(Cl)cccc1NC(=O)c1ccnc(Nc2ccc3c(c2)OCO3)c1. The van der Waals surface area contributed by atoms with Crippen LogP contribution in [0.4, 0.5) is 17.2 Å². The zero-order chi connectivity index (χ0) is 18.8. The minimum absolute atomic E-state index is 0.218. The summed E-state index contributed by atoms with van der Waals surface area (Å²) in [6.07, 6.45) is 1.58. The minimum atomic E-state index is -0.239. The number of carbonyl (C=O) groups is 1. The maximum Gasteiger partial charge on any atom is 0.255 e. The van der Waals surface area contributed by atoms with Gasteiger partial charge < -0.3 is 20.1 Å². The second-order valence-corrected chi connectivity index (χ2v) is 6.40. The molecule has 0 saturated carbocycles. The van der Waals surface area contributed by atoms with Gasteiger partial charge in [0.1, 0.15) is 5.82 Å². The van der Waals surface area contributed by atoms with E-state index >= 15 is 0 Å². The summed E-state index contributed by atoms with van der Waals surface area (Å²) in [5, 5.41) is 6.65. The van der Waals surface area contributed by atoms with Crippen molar-refractivity contribution in [1.29, 1.82) is 0 Å². The first-order chi connectivity index (χ1) is 13.1. The first kappa shape index (κ1) is 17.2. The maximum atomic E-state index is 12.6. The first-order valence-corrected chi connectivity index (χ1v) is 8.67. The van der Waals surface area contributed by atoms with Gasteiger partial charge in [0.05, 0.1) is 0 Å². The number of hydrogen-bond acceptors (Lipinski definition) is 5.